The largest absolute Gasteiger partial charge is 0.393 e. The van der Waals surface area contributed by atoms with E-state index in [2.05, 4.69) is 32.9 Å². The molecular weight excluding hydrogens is 340 g/mol. The standard InChI is InChI=1S/C27H44O/c1-18(2)7-6-8-19(3)23-11-12-24-22-10-9-20-17-21(28)13-15-26(20,4)25(22)14-16-27(23,24)5/h8-9,18,21-25,28H,6-7,10-17H2,1-5H3/b19-8+/t21-,22-,23+,24-,25-,26-,27+/m0/s1/i1D3,2D3. The van der Waals surface area contributed by atoms with E-state index in [-0.39, 0.29) is 23.4 Å². The van der Waals surface area contributed by atoms with Gasteiger partial charge in [-0.05, 0) is 112 Å². The minimum Gasteiger partial charge on any atom is -0.393 e. The van der Waals surface area contributed by atoms with Crippen LogP contribution < -0.4 is 0 Å². The molecule has 4 aliphatic rings. The maximum atomic E-state index is 10.2. The van der Waals surface area contributed by atoms with E-state index in [1.165, 1.54) is 36.8 Å². The maximum absolute atomic E-state index is 10.2. The minimum absolute atomic E-state index is 0.163. The van der Waals surface area contributed by atoms with Crippen molar-refractivity contribution in [2.24, 2.45) is 40.4 Å². The van der Waals surface area contributed by atoms with Gasteiger partial charge in [0.1, 0.15) is 0 Å². The van der Waals surface area contributed by atoms with E-state index >= 15 is 0 Å². The Morgan fingerprint density at radius 1 is 1.21 bits per heavy atom. The number of fused-ring (bicyclic) bond motifs is 5. The normalized spacial score (nSPS) is 50.1. The summed E-state index contributed by atoms with van der Waals surface area (Å²) < 4.78 is 46.0. The molecule has 1 N–H and O–H groups in total. The van der Waals surface area contributed by atoms with Gasteiger partial charge in [-0.3, -0.25) is 0 Å². The monoisotopic (exact) mass is 390 g/mol. The lowest BCUT2D eigenvalue weighted by molar-refractivity contribution is -0.0454. The van der Waals surface area contributed by atoms with Gasteiger partial charge in [-0.25, -0.2) is 0 Å². The lowest BCUT2D eigenvalue weighted by Gasteiger charge is -2.58. The Morgan fingerprint density at radius 2 is 2.04 bits per heavy atom. The zero-order valence-electron chi connectivity index (χ0n) is 24.1. The molecule has 0 bridgehead atoms. The summed E-state index contributed by atoms with van der Waals surface area (Å²) in [7, 11) is 0. The highest BCUT2D eigenvalue weighted by Gasteiger charge is 2.58. The van der Waals surface area contributed by atoms with Crippen molar-refractivity contribution < 1.29 is 13.3 Å². The van der Waals surface area contributed by atoms with Crippen LogP contribution in [0.1, 0.15) is 107 Å². The third-order valence-corrected chi connectivity index (χ3v) is 9.55. The topological polar surface area (TPSA) is 20.2 Å². The van der Waals surface area contributed by atoms with Gasteiger partial charge in [0.25, 0.3) is 0 Å². The molecule has 28 heavy (non-hydrogen) atoms. The Labute approximate surface area is 182 Å². The first-order valence-corrected chi connectivity index (χ1v) is 11.7. The highest BCUT2D eigenvalue weighted by Crippen LogP contribution is 2.67. The molecule has 1 heteroatoms. The van der Waals surface area contributed by atoms with E-state index in [0.29, 0.717) is 18.3 Å². The minimum atomic E-state index is -2.45. The van der Waals surface area contributed by atoms with Gasteiger partial charge in [0.15, 0.2) is 0 Å². The van der Waals surface area contributed by atoms with Crippen LogP contribution in [-0.2, 0) is 0 Å². The van der Waals surface area contributed by atoms with Gasteiger partial charge in [-0.1, -0.05) is 50.8 Å². The molecule has 0 amide bonds. The molecule has 3 saturated carbocycles. The maximum Gasteiger partial charge on any atom is 0.0577 e. The van der Waals surface area contributed by atoms with E-state index in [1.54, 1.807) is 0 Å². The van der Waals surface area contributed by atoms with Crippen LogP contribution in [0.5, 0.6) is 0 Å². The van der Waals surface area contributed by atoms with Gasteiger partial charge in [0, 0.05) is 8.22 Å². The first-order valence-electron chi connectivity index (χ1n) is 14.7. The number of rotatable bonds is 4. The van der Waals surface area contributed by atoms with Crippen LogP contribution in [0, 0.1) is 40.4 Å². The molecule has 4 aliphatic carbocycles. The number of hydrogen-bond acceptors (Lipinski definition) is 1. The van der Waals surface area contributed by atoms with E-state index in [1.807, 2.05) is 0 Å². The smallest absolute Gasteiger partial charge is 0.0577 e. The zero-order chi connectivity index (χ0) is 25.1. The van der Waals surface area contributed by atoms with Crippen LogP contribution in [-0.4, -0.2) is 11.2 Å². The summed E-state index contributed by atoms with van der Waals surface area (Å²) in [5.74, 6) is 1.39. The van der Waals surface area contributed by atoms with Gasteiger partial charge in [-0.15, -0.1) is 0 Å². The predicted octanol–water partition coefficient (Wildman–Crippen LogP) is 7.31. The molecule has 0 aromatic heterocycles. The van der Waals surface area contributed by atoms with Crippen LogP contribution in [0.25, 0.3) is 0 Å². The fourth-order valence-electron chi connectivity index (χ4n) is 8.01. The van der Waals surface area contributed by atoms with Crippen molar-refractivity contribution in [1.29, 1.82) is 0 Å². The second-order valence-corrected chi connectivity index (χ2v) is 10.9. The molecule has 0 spiro atoms. The SMILES string of the molecule is [2H]C([2H])([2H])C(CC/C=C(\C)[C@H]1CC[C@H]2[C@@H]3CC=C4C[C@@H](O)CC[C@]4(C)[C@H]3CC[C@]12C)C([2H])([2H])[2H]. The summed E-state index contributed by atoms with van der Waals surface area (Å²) in [4.78, 5) is 0. The quantitative estimate of drug-likeness (QED) is 0.499. The third kappa shape index (κ3) is 3.34. The molecule has 0 unspecified atom stereocenters. The molecule has 0 heterocycles. The van der Waals surface area contributed by atoms with Crippen molar-refractivity contribution in [3.63, 3.8) is 0 Å². The van der Waals surface area contributed by atoms with Gasteiger partial charge in [-0.2, -0.15) is 0 Å². The average molecular weight is 391 g/mol. The summed E-state index contributed by atoms with van der Waals surface area (Å²) in [5.41, 5.74) is 3.37. The second-order valence-electron chi connectivity index (χ2n) is 10.9. The van der Waals surface area contributed by atoms with E-state index in [9.17, 15) is 5.11 Å². The highest BCUT2D eigenvalue weighted by atomic mass is 16.3. The fraction of sp³-hybridized carbons (Fsp3) is 0.852. The number of allylic oxidation sites excluding steroid dienone is 3. The van der Waals surface area contributed by atoms with E-state index in [0.717, 1.165) is 37.5 Å². The molecule has 4 rings (SSSR count). The van der Waals surface area contributed by atoms with Gasteiger partial charge in [0.05, 0.1) is 6.10 Å². The summed E-state index contributed by atoms with van der Waals surface area (Å²) in [5, 5.41) is 10.2. The number of hydrogen-bond donors (Lipinski definition) is 1. The van der Waals surface area contributed by atoms with Crippen LogP contribution in [0.3, 0.4) is 0 Å². The average Bonchev–Trinajstić information content (AvgIpc) is 3.07. The van der Waals surface area contributed by atoms with E-state index in [4.69, 9.17) is 8.22 Å². The van der Waals surface area contributed by atoms with Crippen molar-refractivity contribution >= 4 is 0 Å². The molecular formula is C27H44O. The first kappa shape index (κ1) is 14.4. The summed E-state index contributed by atoms with van der Waals surface area (Å²) >= 11 is 0. The van der Waals surface area contributed by atoms with Crippen molar-refractivity contribution in [2.45, 2.75) is 105 Å². The lowest BCUT2D eigenvalue weighted by Crippen LogP contribution is -2.50. The fourth-order valence-corrected chi connectivity index (χ4v) is 8.01. The van der Waals surface area contributed by atoms with Gasteiger partial charge < -0.3 is 5.11 Å². The van der Waals surface area contributed by atoms with Gasteiger partial charge >= 0.3 is 0 Å². The lowest BCUT2D eigenvalue weighted by atomic mass is 9.47. The molecule has 1 nitrogen and oxygen atoms in total. The third-order valence-electron chi connectivity index (χ3n) is 9.55. The molecule has 3 fully saturated rings. The Bertz CT molecular complexity index is 812. The Hall–Kier alpha value is -0.560. The Balaban J connectivity index is 1.47. The molecule has 0 radical (unpaired) electrons. The number of aliphatic hydroxyl groups is 1. The second kappa shape index (κ2) is 7.60. The summed E-state index contributed by atoms with van der Waals surface area (Å²) in [6.07, 6.45) is 14.1. The van der Waals surface area contributed by atoms with Crippen molar-refractivity contribution in [3.8, 4) is 0 Å². The molecule has 0 aromatic carbocycles. The molecule has 0 aromatic rings. The first-order chi connectivity index (χ1) is 15.7. The van der Waals surface area contributed by atoms with Crippen molar-refractivity contribution in [3.05, 3.63) is 23.3 Å². The van der Waals surface area contributed by atoms with Crippen LogP contribution in [0.4, 0.5) is 0 Å². The van der Waals surface area contributed by atoms with Crippen LogP contribution in [0.15, 0.2) is 23.3 Å². The van der Waals surface area contributed by atoms with Crippen LogP contribution >= 0.6 is 0 Å². The molecule has 0 aliphatic heterocycles. The predicted molar refractivity (Wildman–Crippen MR) is 119 cm³/mol. The van der Waals surface area contributed by atoms with Crippen molar-refractivity contribution in [2.75, 3.05) is 0 Å². The molecule has 7 atom stereocenters. The van der Waals surface area contributed by atoms with Crippen LogP contribution in [0.2, 0.25) is 0 Å². The van der Waals surface area contributed by atoms with Gasteiger partial charge in [0.2, 0.25) is 0 Å². The van der Waals surface area contributed by atoms with E-state index < -0.39 is 19.6 Å². The zero-order valence-corrected chi connectivity index (χ0v) is 18.1. The Kier molecular flexibility index (Phi) is 3.92. The summed E-state index contributed by atoms with van der Waals surface area (Å²) in [6, 6.07) is 0. The summed E-state index contributed by atoms with van der Waals surface area (Å²) in [6.45, 7) is 2.24. The molecule has 0 saturated heterocycles. The number of aliphatic hydroxyl groups excluding tert-OH is 1. The highest BCUT2D eigenvalue weighted by molar-refractivity contribution is 5.26. The van der Waals surface area contributed by atoms with Crippen molar-refractivity contribution in [1.82, 2.24) is 0 Å². The molecule has 158 valence electrons. The Morgan fingerprint density at radius 3 is 2.82 bits per heavy atom.